The number of rotatable bonds is 4. The van der Waals surface area contributed by atoms with Gasteiger partial charge in [0.2, 0.25) is 5.91 Å². The lowest BCUT2D eigenvalue weighted by atomic mass is 9.96. The first-order chi connectivity index (χ1) is 9.95. The van der Waals surface area contributed by atoms with Crippen LogP contribution in [0, 0.1) is 13.8 Å². The molecular weight excluding hydrogens is 270 g/mol. The van der Waals surface area contributed by atoms with E-state index in [1.54, 1.807) is 4.90 Å². The molecule has 0 bridgehead atoms. The van der Waals surface area contributed by atoms with Crippen molar-refractivity contribution in [3.8, 4) is 0 Å². The van der Waals surface area contributed by atoms with Gasteiger partial charge in [-0.05, 0) is 38.7 Å². The van der Waals surface area contributed by atoms with E-state index in [0.717, 1.165) is 23.4 Å². The molecule has 6 nitrogen and oxygen atoms in total. The van der Waals surface area contributed by atoms with Crippen molar-refractivity contribution in [3.05, 3.63) is 17.0 Å². The number of amides is 1. The van der Waals surface area contributed by atoms with Crippen molar-refractivity contribution >= 4 is 5.91 Å². The van der Waals surface area contributed by atoms with E-state index in [2.05, 4.69) is 10.2 Å². The largest absolute Gasteiger partial charge is 0.393 e. The Balaban J connectivity index is 1.87. The molecule has 118 valence electrons. The molecule has 1 aliphatic heterocycles. The number of nitrogens with one attached hydrogen (secondary N) is 1. The van der Waals surface area contributed by atoms with Gasteiger partial charge in [-0.2, -0.15) is 5.10 Å². The van der Waals surface area contributed by atoms with Gasteiger partial charge in [0.05, 0.1) is 17.9 Å². The first-order valence-electron chi connectivity index (χ1n) is 7.57. The van der Waals surface area contributed by atoms with Crippen molar-refractivity contribution in [1.82, 2.24) is 15.1 Å². The van der Waals surface area contributed by atoms with Crippen LogP contribution in [0.5, 0.6) is 0 Å². The maximum Gasteiger partial charge on any atom is 0.222 e. The van der Waals surface area contributed by atoms with Crippen LogP contribution in [0.2, 0.25) is 0 Å². The summed E-state index contributed by atoms with van der Waals surface area (Å²) >= 11 is 0. The SMILES string of the molecule is Cc1[nH]nc(CCC(=O)N2CCC[C@@](O)(CO)CC2)c1C. The molecule has 2 heterocycles. The van der Waals surface area contributed by atoms with Gasteiger partial charge in [0.25, 0.3) is 0 Å². The highest BCUT2D eigenvalue weighted by Crippen LogP contribution is 2.22. The number of H-pyrrole nitrogens is 1. The molecule has 0 aliphatic carbocycles. The number of hydrogen-bond donors (Lipinski definition) is 3. The molecule has 0 spiro atoms. The third kappa shape index (κ3) is 3.83. The van der Waals surface area contributed by atoms with E-state index in [4.69, 9.17) is 0 Å². The molecule has 0 unspecified atom stereocenters. The van der Waals surface area contributed by atoms with Crippen LogP contribution in [-0.2, 0) is 11.2 Å². The molecule has 1 saturated heterocycles. The summed E-state index contributed by atoms with van der Waals surface area (Å²) in [4.78, 5) is 14.1. The second-order valence-electron chi connectivity index (χ2n) is 6.04. The van der Waals surface area contributed by atoms with Crippen molar-refractivity contribution in [2.45, 2.75) is 51.6 Å². The number of carbonyl (C=O) groups excluding carboxylic acids is 1. The van der Waals surface area contributed by atoms with E-state index >= 15 is 0 Å². The minimum Gasteiger partial charge on any atom is -0.393 e. The minimum absolute atomic E-state index is 0.0947. The summed E-state index contributed by atoms with van der Waals surface area (Å²) in [5.41, 5.74) is 2.08. The highest BCUT2D eigenvalue weighted by Gasteiger charge is 2.30. The van der Waals surface area contributed by atoms with Crippen LogP contribution in [0.3, 0.4) is 0 Å². The monoisotopic (exact) mass is 295 g/mol. The molecule has 1 aliphatic rings. The summed E-state index contributed by atoms with van der Waals surface area (Å²) < 4.78 is 0. The average Bonchev–Trinajstić information content (AvgIpc) is 2.68. The zero-order valence-electron chi connectivity index (χ0n) is 12.9. The molecule has 21 heavy (non-hydrogen) atoms. The molecule has 1 aromatic heterocycles. The van der Waals surface area contributed by atoms with E-state index in [9.17, 15) is 15.0 Å². The van der Waals surface area contributed by atoms with Gasteiger partial charge in [-0.1, -0.05) is 0 Å². The fourth-order valence-corrected chi connectivity index (χ4v) is 2.75. The Morgan fingerprint density at radius 1 is 1.38 bits per heavy atom. The van der Waals surface area contributed by atoms with Crippen LogP contribution in [-0.4, -0.2) is 56.5 Å². The van der Waals surface area contributed by atoms with Crippen molar-refractivity contribution < 1.29 is 15.0 Å². The Bertz CT molecular complexity index is 500. The molecular formula is C15H25N3O3. The number of aromatic nitrogens is 2. The van der Waals surface area contributed by atoms with Crippen molar-refractivity contribution in [3.63, 3.8) is 0 Å². The van der Waals surface area contributed by atoms with E-state index in [1.165, 1.54) is 0 Å². The van der Waals surface area contributed by atoms with Gasteiger partial charge < -0.3 is 15.1 Å². The van der Waals surface area contributed by atoms with E-state index in [-0.39, 0.29) is 12.5 Å². The minimum atomic E-state index is -1.02. The molecule has 1 atom stereocenters. The summed E-state index contributed by atoms with van der Waals surface area (Å²) in [5, 5.41) is 26.5. The molecule has 0 saturated carbocycles. The lowest BCUT2D eigenvalue weighted by Crippen LogP contribution is -2.36. The quantitative estimate of drug-likeness (QED) is 0.762. The van der Waals surface area contributed by atoms with E-state index < -0.39 is 5.60 Å². The summed E-state index contributed by atoms with van der Waals surface area (Å²) in [6.07, 6.45) is 2.78. The zero-order valence-corrected chi connectivity index (χ0v) is 12.9. The van der Waals surface area contributed by atoms with Crippen LogP contribution in [0.15, 0.2) is 0 Å². The molecule has 6 heteroatoms. The van der Waals surface area contributed by atoms with E-state index in [0.29, 0.717) is 38.8 Å². The Hall–Kier alpha value is -1.40. The van der Waals surface area contributed by atoms with Crippen LogP contribution in [0.25, 0.3) is 0 Å². The third-order valence-electron chi connectivity index (χ3n) is 4.49. The predicted octanol–water partition coefficient (Wildman–Crippen LogP) is 0.695. The topological polar surface area (TPSA) is 89.5 Å². The van der Waals surface area contributed by atoms with Gasteiger partial charge in [0.15, 0.2) is 0 Å². The maximum atomic E-state index is 12.3. The predicted molar refractivity (Wildman–Crippen MR) is 78.8 cm³/mol. The molecule has 0 radical (unpaired) electrons. The van der Waals surface area contributed by atoms with Gasteiger partial charge in [0.1, 0.15) is 0 Å². The van der Waals surface area contributed by atoms with E-state index in [1.807, 2.05) is 13.8 Å². The Labute approximate surface area is 125 Å². The number of aliphatic hydroxyl groups is 2. The maximum absolute atomic E-state index is 12.3. The molecule has 1 amide bonds. The summed E-state index contributed by atoms with van der Waals surface area (Å²) in [5.74, 6) is 0.0947. The number of aromatic amines is 1. The standard InChI is InChI=1S/C15H25N3O3/c1-11-12(2)16-17-13(11)4-5-14(20)18-8-3-6-15(21,10-19)7-9-18/h19,21H,3-10H2,1-2H3,(H,16,17)/t15-/m0/s1. The van der Waals surface area contributed by atoms with Crippen LogP contribution >= 0.6 is 0 Å². The summed E-state index contributed by atoms with van der Waals surface area (Å²) in [7, 11) is 0. The first-order valence-corrected chi connectivity index (χ1v) is 7.57. The third-order valence-corrected chi connectivity index (χ3v) is 4.49. The van der Waals surface area contributed by atoms with Crippen molar-refractivity contribution in [1.29, 1.82) is 0 Å². The van der Waals surface area contributed by atoms with Crippen molar-refractivity contribution in [2.75, 3.05) is 19.7 Å². The van der Waals surface area contributed by atoms with Crippen molar-refractivity contribution in [2.24, 2.45) is 0 Å². The number of nitrogens with zero attached hydrogens (tertiary/aromatic N) is 2. The highest BCUT2D eigenvalue weighted by atomic mass is 16.3. The van der Waals surface area contributed by atoms with Gasteiger partial charge >= 0.3 is 0 Å². The van der Waals surface area contributed by atoms with Crippen LogP contribution in [0.4, 0.5) is 0 Å². The van der Waals surface area contributed by atoms with Crippen LogP contribution in [0.1, 0.15) is 42.6 Å². The first kappa shape index (κ1) is 16.0. The van der Waals surface area contributed by atoms with Gasteiger partial charge in [0, 0.05) is 31.6 Å². The molecule has 1 aromatic rings. The molecule has 3 N–H and O–H groups in total. The molecule has 0 aromatic carbocycles. The number of carbonyl (C=O) groups is 1. The Morgan fingerprint density at radius 2 is 2.14 bits per heavy atom. The number of likely N-dealkylation sites (tertiary alicyclic amines) is 1. The summed E-state index contributed by atoms with van der Waals surface area (Å²) in [6.45, 7) is 4.90. The zero-order chi connectivity index (χ0) is 15.5. The number of aliphatic hydroxyl groups excluding tert-OH is 1. The van der Waals surface area contributed by atoms with Gasteiger partial charge in [-0.25, -0.2) is 0 Å². The normalized spacial score (nSPS) is 23.1. The lowest BCUT2D eigenvalue weighted by molar-refractivity contribution is -0.131. The number of hydrogen-bond acceptors (Lipinski definition) is 4. The van der Waals surface area contributed by atoms with Crippen LogP contribution < -0.4 is 0 Å². The summed E-state index contributed by atoms with van der Waals surface area (Å²) in [6, 6.07) is 0. The Morgan fingerprint density at radius 3 is 2.76 bits per heavy atom. The fourth-order valence-electron chi connectivity index (χ4n) is 2.75. The van der Waals surface area contributed by atoms with Gasteiger partial charge in [-0.15, -0.1) is 0 Å². The highest BCUT2D eigenvalue weighted by molar-refractivity contribution is 5.76. The average molecular weight is 295 g/mol. The molecule has 2 rings (SSSR count). The van der Waals surface area contributed by atoms with Gasteiger partial charge in [-0.3, -0.25) is 9.89 Å². The fraction of sp³-hybridized carbons (Fsp3) is 0.733. The lowest BCUT2D eigenvalue weighted by Gasteiger charge is -2.24. The Kier molecular flexibility index (Phi) is 5.00. The second-order valence-corrected chi connectivity index (χ2v) is 6.04. The number of aryl methyl sites for hydroxylation is 2. The second kappa shape index (κ2) is 6.58. The molecule has 1 fully saturated rings. The smallest absolute Gasteiger partial charge is 0.222 e.